The SMILES string of the molecule is COP(=O)(CC(O)C[C@@H]1[C@H](COC(c2ccccc2)(c2ccccc2)c2ccccc2)C[C@@H]1OC(=O)c1ccccc1)OC. The lowest BCUT2D eigenvalue weighted by molar-refractivity contribution is -0.114. The van der Waals surface area contributed by atoms with E-state index in [0.29, 0.717) is 18.6 Å². The first-order valence-corrected chi connectivity index (χ1v) is 16.6. The van der Waals surface area contributed by atoms with E-state index in [1.165, 1.54) is 14.2 Å². The maximum absolute atomic E-state index is 13.0. The van der Waals surface area contributed by atoms with E-state index in [1.807, 2.05) is 60.7 Å². The molecule has 0 heterocycles. The summed E-state index contributed by atoms with van der Waals surface area (Å²) in [6.45, 7) is 0.335. The van der Waals surface area contributed by atoms with Crippen molar-refractivity contribution >= 4 is 13.6 Å². The van der Waals surface area contributed by atoms with E-state index in [4.69, 9.17) is 18.5 Å². The molecule has 230 valence electrons. The molecule has 4 aromatic rings. The normalized spacial score (nSPS) is 19.1. The number of rotatable bonds is 14. The third-order valence-corrected chi connectivity index (χ3v) is 10.5. The lowest BCUT2D eigenvalue weighted by atomic mass is 9.68. The second kappa shape index (κ2) is 14.5. The Kier molecular flexibility index (Phi) is 10.5. The first-order valence-electron chi connectivity index (χ1n) is 14.8. The Labute approximate surface area is 259 Å². The predicted molar refractivity (Wildman–Crippen MR) is 170 cm³/mol. The summed E-state index contributed by atoms with van der Waals surface area (Å²) in [6, 6.07) is 39.2. The number of ether oxygens (including phenoxy) is 2. The lowest BCUT2D eigenvalue weighted by Crippen LogP contribution is -2.49. The predicted octanol–water partition coefficient (Wildman–Crippen LogP) is 7.09. The van der Waals surface area contributed by atoms with E-state index in [1.54, 1.807) is 24.3 Å². The molecule has 0 saturated heterocycles. The minimum Gasteiger partial charge on any atom is -0.458 e. The molecular formula is C36H39O7P. The quantitative estimate of drug-likeness (QED) is 0.0921. The zero-order valence-electron chi connectivity index (χ0n) is 25.0. The van der Waals surface area contributed by atoms with Crippen LogP contribution < -0.4 is 0 Å². The molecule has 1 N–H and O–H groups in total. The third kappa shape index (κ3) is 7.04. The number of carbonyl (C=O) groups excluding carboxylic acids is 1. The van der Waals surface area contributed by atoms with Gasteiger partial charge in [0.1, 0.15) is 11.7 Å². The van der Waals surface area contributed by atoms with Gasteiger partial charge >= 0.3 is 13.6 Å². The first kappa shape index (κ1) is 31.8. The average Bonchev–Trinajstić information content (AvgIpc) is 3.08. The van der Waals surface area contributed by atoms with Gasteiger partial charge in [-0.3, -0.25) is 4.57 Å². The molecule has 1 unspecified atom stereocenters. The topological polar surface area (TPSA) is 91.3 Å². The Balaban J connectivity index is 1.43. The van der Waals surface area contributed by atoms with Crippen molar-refractivity contribution in [3.05, 3.63) is 144 Å². The van der Waals surface area contributed by atoms with E-state index in [2.05, 4.69) is 36.4 Å². The number of aliphatic hydroxyl groups excluding tert-OH is 1. The summed E-state index contributed by atoms with van der Waals surface area (Å²) in [5.41, 5.74) is 2.52. The summed E-state index contributed by atoms with van der Waals surface area (Å²) in [4.78, 5) is 13.0. The van der Waals surface area contributed by atoms with E-state index in [-0.39, 0.29) is 24.4 Å². The average molecular weight is 615 g/mol. The Morgan fingerprint density at radius 3 is 1.70 bits per heavy atom. The van der Waals surface area contributed by atoms with Crippen LogP contribution in [0.5, 0.6) is 0 Å². The van der Waals surface area contributed by atoms with E-state index in [0.717, 1.165) is 16.7 Å². The van der Waals surface area contributed by atoms with Crippen LogP contribution in [-0.4, -0.2) is 50.3 Å². The maximum Gasteiger partial charge on any atom is 0.338 e. The highest BCUT2D eigenvalue weighted by Gasteiger charge is 2.47. The number of aliphatic hydroxyl groups is 1. The molecule has 8 heteroatoms. The molecule has 5 rings (SSSR count). The van der Waals surface area contributed by atoms with Gasteiger partial charge in [-0.1, -0.05) is 109 Å². The van der Waals surface area contributed by atoms with Gasteiger partial charge in [-0.15, -0.1) is 0 Å². The summed E-state index contributed by atoms with van der Waals surface area (Å²) in [5.74, 6) is -0.695. The minimum absolute atomic E-state index is 0.0433. The van der Waals surface area contributed by atoms with Gasteiger partial charge < -0.3 is 23.6 Å². The van der Waals surface area contributed by atoms with Gasteiger partial charge in [0.05, 0.1) is 24.4 Å². The summed E-state index contributed by atoms with van der Waals surface area (Å²) >= 11 is 0. The van der Waals surface area contributed by atoms with Gasteiger partial charge in [0.15, 0.2) is 0 Å². The molecule has 7 nitrogen and oxygen atoms in total. The standard InChI is InChI=1S/C36H39O7P/c1-40-44(39,41-2)26-32(37)24-33-28(23-34(33)43-35(38)27-15-7-3-8-16-27)25-42-36(29-17-9-4-10-18-29,30-19-11-5-12-20-30)31-21-13-6-14-22-31/h3-22,28,32-34,37H,23-26H2,1-2H3/t28-,32?,33+,34-/m0/s1. The number of hydrogen-bond donors (Lipinski definition) is 1. The Hall–Kier alpha value is -3.58. The third-order valence-electron chi connectivity index (χ3n) is 8.48. The van der Waals surface area contributed by atoms with Crippen molar-refractivity contribution in [2.24, 2.45) is 11.8 Å². The van der Waals surface area contributed by atoms with Crippen LogP contribution in [-0.2, 0) is 28.7 Å². The number of hydrogen-bond acceptors (Lipinski definition) is 7. The van der Waals surface area contributed by atoms with Crippen LogP contribution in [0.1, 0.15) is 39.9 Å². The van der Waals surface area contributed by atoms with Crippen LogP contribution in [0.3, 0.4) is 0 Å². The van der Waals surface area contributed by atoms with Gasteiger partial charge in [0, 0.05) is 20.1 Å². The second-order valence-electron chi connectivity index (χ2n) is 11.1. The van der Waals surface area contributed by atoms with Crippen LogP contribution in [0.2, 0.25) is 0 Å². The Bertz CT molecular complexity index is 1410. The van der Waals surface area contributed by atoms with Crippen molar-refractivity contribution in [3.63, 3.8) is 0 Å². The van der Waals surface area contributed by atoms with Crippen molar-refractivity contribution in [1.82, 2.24) is 0 Å². The Morgan fingerprint density at radius 2 is 1.25 bits per heavy atom. The zero-order chi connectivity index (χ0) is 31.0. The molecule has 44 heavy (non-hydrogen) atoms. The number of benzene rings is 4. The van der Waals surface area contributed by atoms with Gasteiger partial charge in [-0.2, -0.15) is 0 Å². The smallest absolute Gasteiger partial charge is 0.338 e. The van der Waals surface area contributed by atoms with Crippen molar-refractivity contribution in [3.8, 4) is 0 Å². The molecule has 0 spiro atoms. The molecule has 0 bridgehead atoms. The second-order valence-corrected chi connectivity index (χ2v) is 13.4. The van der Waals surface area contributed by atoms with Crippen LogP contribution in [0.25, 0.3) is 0 Å². The van der Waals surface area contributed by atoms with Gasteiger partial charge in [-0.05, 0) is 47.6 Å². The van der Waals surface area contributed by atoms with Crippen molar-refractivity contribution in [1.29, 1.82) is 0 Å². The van der Waals surface area contributed by atoms with Crippen LogP contribution >= 0.6 is 7.60 Å². The minimum atomic E-state index is -3.45. The van der Waals surface area contributed by atoms with Crippen LogP contribution in [0.15, 0.2) is 121 Å². The fourth-order valence-electron chi connectivity index (χ4n) is 6.08. The first-order chi connectivity index (χ1) is 21.4. The van der Waals surface area contributed by atoms with Crippen molar-refractivity contribution < 1.29 is 33.0 Å². The number of esters is 1. The highest BCUT2D eigenvalue weighted by Crippen LogP contribution is 2.50. The van der Waals surface area contributed by atoms with E-state index in [9.17, 15) is 14.5 Å². The molecule has 4 atom stereocenters. The van der Waals surface area contributed by atoms with Gasteiger partial charge in [0.25, 0.3) is 0 Å². The molecule has 1 aliphatic rings. The fourth-order valence-corrected chi connectivity index (χ4v) is 7.19. The van der Waals surface area contributed by atoms with Crippen molar-refractivity contribution in [2.75, 3.05) is 27.0 Å². The largest absolute Gasteiger partial charge is 0.458 e. The summed E-state index contributed by atoms with van der Waals surface area (Å²) in [7, 11) is -0.839. The number of carbonyl (C=O) groups is 1. The molecule has 1 fully saturated rings. The van der Waals surface area contributed by atoms with Gasteiger partial charge in [-0.25, -0.2) is 4.79 Å². The molecular weight excluding hydrogens is 575 g/mol. The monoisotopic (exact) mass is 614 g/mol. The highest BCUT2D eigenvalue weighted by molar-refractivity contribution is 7.53. The van der Waals surface area contributed by atoms with Crippen LogP contribution in [0.4, 0.5) is 0 Å². The molecule has 0 radical (unpaired) electrons. The van der Waals surface area contributed by atoms with E-state index < -0.39 is 31.4 Å². The Morgan fingerprint density at radius 1 is 0.795 bits per heavy atom. The zero-order valence-corrected chi connectivity index (χ0v) is 25.9. The molecule has 4 aromatic carbocycles. The summed E-state index contributed by atoms with van der Waals surface area (Å²) < 4.78 is 35.9. The van der Waals surface area contributed by atoms with Crippen molar-refractivity contribution in [2.45, 2.75) is 30.7 Å². The highest BCUT2D eigenvalue weighted by atomic mass is 31.2. The van der Waals surface area contributed by atoms with Gasteiger partial charge in [0.2, 0.25) is 0 Å². The van der Waals surface area contributed by atoms with Crippen LogP contribution in [0, 0.1) is 11.8 Å². The molecule has 0 amide bonds. The maximum atomic E-state index is 13.0. The lowest BCUT2D eigenvalue weighted by Gasteiger charge is -2.46. The molecule has 1 aliphatic carbocycles. The molecule has 0 aromatic heterocycles. The summed E-state index contributed by atoms with van der Waals surface area (Å²) in [5, 5.41) is 11.0. The molecule has 0 aliphatic heterocycles. The van der Waals surface area contributed by atoms with E-state index >= 15 is 0 Å². The fraction of sp³-hybridized carbons (Fsp3) is 0.306. The summed E-state index contributed by atoms with van der Waals surface area (Å²) in [6.07, 6.45) is -0.780. The molecule has 1 saturated carbocycles.